The fraction of sp³-hybridized carbons (Fsp3) is 0.300. The molecule has 1 N–H and O–H groups in total. The molecule has 0 heterocycles. The molecule has 150 valence electrons. The Bertz CT molecular complexity index is 843. The number of ether oxygens (including phenoxy) is 2. The molecule has 6 nitrogen and oxygen atoms in total. The van der Waals surface area contributed by atoms with Gasteiger partial charge in [0.1, 0.15) is 5.82 Å². The molecule has 0 atom stereocenters. The predicted octanol–water partition coefficient (Wildman–Crippen LogP) is 3.99. The van der Waals surface area contributed by atoms with Crippen molar-refractivity contribution in [2.24, 2.45) is 0 Å². The molecule has 0 aliphatic carbocycles. The van der Waals surface area contributed by atoms with E-state index in [1.165, 1.54) is 55.5 Å². The van der Waals surface area contributed by atoms with Crippen LogP contribution in [0.4, 0.5) is 10.1 Å². The van der Waals surface area contributed by atoms with Crippen molar-refractivity contribution in [3.05, 3.63) is 52.8 Å². The Labute approximate surface area is 168 Å². The standard InChI is InChI=1S/C20H22ClFN2O4/c1-4-9-28-19-16(21)10-13(11-17(19)27-3)20(26)24(2)12-18(25)23-15-7-5-14(22)6-8-15/h5-8,10-11H,4,9,12H2,1-3H3,(H,23,25). The van der Waals surface area contributed by atoms with Gasteiger partial charge in [0.05, 0.1) is 25.3 Å². The Balaban J connectivity index is 2.08. The van der Waals surface area contributed by atoms with E-state index in [1.807, 2.05) is 6.92 Å². The number of methoxy groups -OCH3 is 1. The number of halogens is 2. The zero-order valence-electron chi connectivity index (χ0n) is 15.9. The van der Waals surface area contributed by atoms with Crippen LogP contribution in [0.2, 0.25) is 5.02 Å². The van der Waals surface area contributed by atoms with E-state index in [9.17, 15) is 14.0 Å². The molecule has 0 aromatic heterocycles. The van der Waals surface area contributed by atoms with Crippen LogP contribution in [0.3, 0.4) is 0 Å². The van der Waals surface area contributed by atoms with Crippen molar-refractivity contribution in [1.82, 2.24) is 4.90 Å². The smallest absolute Gasteiger partial charge is 0.254 e. The molecule has 2 amide bonds. The third-order valence-electron chi connectivity index (χ3n) is 3.78. The van der Waals surface area contributed by atoms with Crippen molar-refractivity contribution in [2.75, 3.05) is 32.6 Å². The Kier molecular flexibility index (Phi) is 7.63. The van der Waals surface area contributed by atoms with E-state index >= 15 is 0 Å². The molecular weight excluding hydrogens is 387 g/mol. The summed E-state index contributed by atoms with van der Waals surface area (Å²) in [6.07, 6.45) is 0.798. The third kappa shape index (κ3) is 5.60. The van der Waals surface area contributed by atoms with Gasteiger partial charge in [-0.25, -0.2) is 4.39 Å². The van der Waals surface area contributed by atoms with Crippen LogP contribution in [-0.4, -0.2) is 44.0 Å². The molecular formula is C20H22ClFN2O4. The summed E-state index contributed by atoms with van der Waals surface area (Å²) in [7, 11) is 2.95. The summed E-state index contributed by atoms with van der Waals surface area (Å²) in [5, 5.41) is 2.85. The van der Waals surface area contributed by atoms with E-state index in [-0.39, 0.29) is 17.1 Å². The number of benzene rings is 2. The molecule has 0 radical (unpaired) electrons. The molecule has 8 heteroatoms. The highest BCUT2D eigenvalue weighted by Crippen LogP contribution is 2.36. The Morgan fingerprint density at radius 3 is 2.50 bits per heavy atom. The van der Waals surface area contributed by atoms with E-state index in [1.54, 1.807) is 0 Å². The average Bonchev–Trinajstić information content (AvgIpc) is 2.67. The van der Waals surface area contributed by atoms with Crippen LogP contribution in [0, 0.1) is 5.82 Å². The van der Waals surface area contributed by atoms with E-state index in [4.69, 9.17) is 21.1 Å². The molecule has 0 fully saturated rings. The first kappa shape index (κ1) is 21.5. The molecule has 0 bridgehead atoms. The largest absolute Gasteiger partial charge is 0.493 e. The highest BCUT2D eigenvalue weighted by atomic mass is 35.5. The van der Waals surface area contributed by atoms with Crippen molar-refractivity contribution in [3.8, 4) is 11.5 Å². The van der Waals surface area contributed by atoms with Crippen molar-refractivity contribution in [1.29, 1.82) is 0 Å². The maximum Gasteiger partial charge on any atom is 0.254 e. The zero-order valence-corrected chi connectivity index (χ0v) is 16.7. The first-order valence-corrected chi connectivity index (χ1v) is 9.04. The first-order chi connectivity index (χ1) is 13.3. The second-order valence-corrected chi connectivity index (χ2v) is 6.46. The van der Waals surface area contributed by atoms with Crippen LogP contribution in [0.1, 0.15) is 23.7 Å². The topological polar surface area (TPSA) is 67.9 Å². The van der Waals surface area contributed by atoms with Gasteiger partial charge in [-0.05, 0) is 42.8 Å². The first-order valence-electron chi connectivity index (χ1n) is 8.67. The molecule has 0 spiro atoms. The number of hydrogen-bond acceptors (Lipinski definition) is 4. The van der Waals surface area contributed by atoms with Crippen LogP contribution in [0.15, 0.2) is 36.4 Å². The molecule has 0 unspecified atom stereocenters. The minimum Gasteiger partial charge on any atom is -0.493 e. The van der Waals surface area contributed by atoms with Gasteiger partial charge in [0.2, 0.25) is 5.91 Å². The zero-order chi connectivity index (χ0) is 20.7. The Morgan fingerprint density at radius 1 is 1.21 bits per heavy atom. The summed E-state index contributed by atoms with van der Waals surface area (Å²) < 4.78 is 23.8. The van der Waals surface area contributed by atoms with Crippen molar-refractivity contribution < 1.29 is 23.5 Å². The third-order valence-corrected chi connectivity index (χ3v) is 4.06. The van der Waals surface area contributed by atoms with Crippen molar-refractivity contribution >= 4 is 29.1 Å². The summed E-state index contributed by atoms with van der Waals surface area (Å²) in [4.78, 5) is 26.0. The number of carbonyl (C=O) groups is 2. The number of anilines is 1. The second kappa shape index (κ2) is 9.94. The van der Waals surface area contributed by atoms with Crippen LogP contribution >= 0.6 is 11.6 Å². The van der Waals surface area contributed by atoms with Gasteiger partial charge in [-0.15, -0.1) is 0 Å². The van der Waals surface area contributed by atoms with Crippen LogP contribution in [-0.2, 0) is 4.79 Å². The maximum atomic E-state index is 12.9. The van der Waals surface area contributed by atoms with Gasteiger partial charge < -0.3 is 19.7 Å². The van der Waals surface area contributed by atoms with Gasteiger partial charge in [-0.1, -0.05) is 18.5 Å². The minimum atomic E-state index is -0.414. The summed E-state index contributed by atoms with van der Waals surface area (Å²) in [6, 6.07) is 8.35. The highest BCUT2D eigenvalue weighted by molar-refractivity contribution is 6.32. The molecule has 0 aliphatic rings. The lowest BCUT2D eigenvalue weighted by Crippen LogP contribution is -2.35. The van der Waals surface area contributed by atoms with Crippen molar-refractivity contribution in [3.63, 3.8) is 0 Å². The SMILES string of the molecule is CCCOc1c(Cl)cc(C(=O)N(C)CC(=O)Nc2ccc(F)cc2)cc1OC. The minimum absolute atomic E-state index is 0.190. The molecule has 0 saturated heterocycles. The average molecular weight is 409 g/mol. The summed E-state index contributed by atoms with van der Waals surface area (Å²) >= 11 is 6.24. The van der Waals surface area contributed by atoms with Crippen LogP contribution < -0.4 is 14.8 Å². The van der Waals surface area contributed by atoms with E-state index in [0.29, 0.717) is 23.8 Å². The van der Waals surface area contributed by atoms with Gasteiger partial charge in [-0.2, -0.15) is 0 Å². The van der Waals surface area contributed by atoms with E-state index in [0.717, 1.165) is 6.42 Å². The molecule has 0 saturated carbocycles. The number of nitrogens with zero attached hydrogens (tertiary/aromatic N) is 1. The fourth-order valence-corrected chi connectivity index (χ4v) is 2.69. The van der Waals surface area contributed by atoms with E-state index in [2.05, 4.69) is 5.32 Å². The van der Waals surface area contributed by atoms with E-state index < -0.39 is 17.6 Å². The number of nitrogens with one attached hydrogen (secondary N) is 1. The summed E-state index contributed by atoms with van der Waals surface area (Å²) in [5.74, 6) is -0.505. The molecule has 0 aliphatic heterocycles. The van der Waals surface area contributed by atoms with Crippen LogP contribution in [0.5, 0.6) is 11.5 Å². The maximum absolute atomic E-state index is 12.9. The fourth-order valence-electron chi connectivity index (χ4n) is 2.43. The van der Waals surface area contributed by atoms with Gasteiger partial charge in [0, 0.05) is 18.3 Å². The Morgan fingerprint density at radius 2 is 1.89 bits per heavy atom. The number of amides is 2. The molecule has 28 heavy (non-hydrogen) atoms. The lowest BCUT2D eigenvalue weighted by atomic mass is 10.1. The van der Waals surface area contributed by atoms with Gasteiger partial charge >= 0.3 is 0 Å². The number of rotatable bonds is 8. The number of hydrogen-bond donors (Lipinski definition) is 1. The molecule has 2 aromatic rings. The van der Waals surface area contributed by atoms with Crippen LogP contribution in [0.25, 0.3) is 0 Å². The summed E-state index contributed by atoms with van der Waals surface area (Å²) in [5.41, 5.74) is 0.706. The van der Waals surface area contributed by atoms with Gasteiger partial charge in [-0.3, -0.25) is 9.59 Å². The molecule has 2 rings (SSSR count). The van der Waals surface area contributed by atoms with Gasteiger partial charge in [0.15, 0.2) is 11.5 Å². The Hall–Kier alpha value is -2.80. The normalized spacial score (nSPS) is 10.3. The lowest BCUT2D eigenvalue weighted by Gasteiger charge is -2.19. The quantitative estimate of drug-likeness (QED) is 0.717. The lowest BCUT2D eigenvalue weighted by molar-refractivity contribution is -0.116. The second-order valence-electron chi connectivity index (χ2n) is 6.05. The van der Waals surface area contributed by atoms with Gasteiger partial charge in [0.25, 0.3) is 5.91 Å². The predicted molar refractivity (Wildman–Crippen MR) is 106 cm³/mol. The highest BCUT2D eigenvalue weighted by Gasteiger charge is 2.20. The number of likely N-dealkylation sites (N-methyl/N-ethyl adjacent to an activating group) is 1. The van der Waals surface area contributed by atoms with Crippen molar-refractivity contribution in [2.45, 2.75) is 13.3 Å². The monoisotopic (exact) mass is 408 g/mol. The summed E-state index contributed by atoms with van der Waals surface area (Å²) in [6.45, 7) is 2.24. The molecule has 2 aromatic carbocycles. The number of carbonyl (C=O) groups excluding carboxylic acids is 2.